The smallest absolute Gasteiger partial charge is 0.313 e. The molecule has 128 valence electrons. The number of halogens is 1. The van der Waals surface area contributed by atoms with Crippen molar-refractivity contribution in [1.29, 1.82) is 0 Å². The van der Waals surface area contributed by atoms with Crippen molar-refractivity contribution in [2.45, 2.75) is 24.3 Å². The van der Waals surface area contributed by atoms with Crippen molar-refractivity contribution < 1.29 is 23.1 Å². The Hall–Kier alpha value is -1.64. The molecule has 0 spiro atoms. The summed E-state index contributed by atoms with van der Waals surface area (Å²) in [6, 6.07) is 4.20. The van der Waals surface area contributed by atoms with Crippen LogP contribution in [0.1, 0.15) is 13.3 Å². The monoisotopic (exact) mass is 362 g/mol. The molecule has 0 aliphatic rings. The lowest BCUT2D eigenvalue weighted by Gasteiger charge is -2.18. The van der Waals surface area contributed by atoms with E-state index < -0.39 is 27.8 Å². The van der Waals surface area contributed by atoms with Crippen LogP contribution in [0.4, 0.5) is 5.69 Å². The quantitative estimate of drug-likeness (QED) is 0.758. The fourth-order valence-corrected chi connectivity index (χ4v) is 3.35. The van der Waals surface area contributed by atoms with Gasteiger partial charge in [-0.3, -0.25) is 9.59 Å². The summed E-state index contributed by atoms with van der Waals surface area (Å²) in [5.74, 6) is -1.82. The Morgan fingerprint density at radius 2 is 2.00 bits per heavy atom. The molecular formula is C14H19ClN2O5S. The molecule has 0 aromatic heterocycles. The Bertz CT molecular complexity index is 703. The number of likely N-dealkylation sites (N-methyl/N-ethyl adjacent to an activating group) is 1. The van der Waals surface area contributed by atoms with Crippen LogP contribution in [-0.4, -0.2) is 56.2 Å². The summed E-state index contributed by atoms with van der Waals surface area (Å²) in [5.41, 5.74) is -0.0534. The maximum absolute atomic E-state index is 12.0. The molecule has 0 bridgehead atoms. The molecule has 0 saturated heterocycles. The molecule has 0 heterocycles. The van der Waals surface area contributed by atoms with Gasteiger partial charge in [0.15, 0.2) is 9.84 Å². The summed E-state index contributed by atoms with van der Waals surface area (Å²) >= 11 is 5.87. The Morgan fingerprint density at radius 1 is 1.39 bits per heavy atom. The van der Waals surface area contributed by atoms with Crippen molar-refractivity contribution in [3.05, 3.63) is 23.2 Å². The molecule has 0 saturated carbocycles. The molecule has 1 rings (SSSR count). The lowest BCUT2D eigenvalue weighted by molar-refractivity contribution is -0.142. The third kappa shape index (κ3) is 5.49. The largest absolute Gasteiger partial charge is 0.393 e. The summed E-state index contributed by atoms with van der Waals surface area (Å²) < 4.78 is 23.6. The van der Waals surface area contributed by atoms with Crippen LogP contribution in [-0.2, 0) is 19.4 Å². The molecule has 2 amide bonds. The molecule has 0 radical (unpaired) electrons. The van der Waals surface area contributed by atoms with Crippen LogP contribution in [0.3, 0.4) is 0 Å². The highest BCUT2D eigenvalue weighted by Gasteiger charge is 2.23. The van der Waals surface area contributed by atoms with Gasteiger partial charge in [0.05, 0.1) is 16.8 Å². The van der Waals surface area contributed by atoms with Gasteiger partial charge in [-0.25, -0.2) is 8.42 Å². The molecule has 0 fully saturated rings. The number of anilines is 1. The first-order valence-corrected chi connectivity index (χ1v) is 9.04. The Labute approximate surface area is 140 Å². The van der Waals surface area contributed by atoms with Gasteiger partial charge in [-0.2, -0.15) is 0 Å². The van der Waals surface area contributed by atoms with Crippen LogP contribution >= 0.6 is 11.6 Å². The lowest BCUT2D eigenvalue weighted by Crippen LogP contribution is -2.38. The maximum atomic E-state index is 12.0. The van der Waals surface area contributed by atoms with Crippen molar-refractivity contribution in [2.75, 3.05) is 25.2 Å². The Balaban J connectivity index is 2.94. The number of carbonyl (C=O) groups excluding carboxylic acids is 2. The van der Waals surface area contributed by atoms with E-state index in [0.717, 1.165) is 11.2 Å². The molecule has 0 aliphatic heterocycles. The second kappa shape index (κ2) is 7.76. The van der Waals surface area contributed by atoms with Gasteiger partial charge >= 0.3 is 11.8 Å². The molecule has 0 aliphatic carbocycles. The van der Waals surface area contributed by atoms with Gasteiger partial charge in [0, 0.05) is 19.8 Å². The zero-order valence-corrected chi connectivity index (χ0v) is 14.6. The fraction of sp³-hybridized carbons (Fsp3) is 0.429. The standard InChI is InChI=1S/C14H19ClN2O5S/c1-9(18)7-8-17(2)14(20)13(19)16-11-6-4-5-10(15)12(11)23(3,21)22/h4-6,9,18H,7-8H2,1-3H3,(H,16,19). The zero-order valence-electron chi connectivity index (χ0n) is 13.0. The molecule has 1 atom stereocenters. The average Bonchev–Trinajstić information content (AvgIpc) is 2.42. The predicted molar refractivity (Wildman–Crippen MR) is 87.1 cm³/mol. The van der Waals surface area contributed by atoms with Crippen molar-refractivity contribution in [3.63, 3.8) is 0 Å². The number of hydrogen-bond acceptors (Lipinski definition) is 5. The number of hydrogen-bond donors (Lipinski definition) is 2. The van der Waals surface area contributed by atoms with Crippen molar-refractivity contribution in [1.82, 2.24) is 4.90 Å². The minimum atomic E-state index is -3.68. The van der Waals surface area contributed by atoms with Crippen molar-refractivity contribution in [3.8, 4) is 0 Å². The first kappa shape index (κ1) is 19.4. The van der Waals surface area contributed by atoms with E-state index in [1.54, 1.807) is 6.92 Å². The number of sulfone groups is 1. The highest BCUT2D eigenvalue weighted by atomic mass is 35.5. The number of amides is 2. The van der Waals surface area contributed by atoms with Gasteiger partial charge in [0.1, 0.15) is 4.90 Å². The molecule has 7 nitrogen and oxygen atoms in total. The topological polar surface area (TPSA) is 104 Å². The van der Waals surface area contributed by atoms with Gasteiger partial charge < -0.3 is 15.3 Å². The summed E-state index contributed by atoms with van der Waals surface area (Å²) in [6.07, 6.45) is 0.680. The zero-order chi connectivity index (χ0) is 17.8. The molecule has 1 aromatic carbocycles. The highest BCUT2D eigenvalue weighted by Crippen LogP contribution is 2.29. The number of rotatable bonds is 5. The van der Waals surface area contributed by atoms with Crippen LogP contribution in [0.25, 0.3) is 0 Å². The van der Waals surface area contributed by atoms with Gasteiger partial charge in [0.25, 0.3) is 0 Å². The normalized spacial score (nSPS) is 12.6. The fourth-order valence-electron chi connectivity index (χ4n) is 1.82. The van der Waals surface area contributed by atoms with Gasteiger partial charge in [-0.05, 0) is 25.5 Å². The molecule has 1 aromatic rings. The van der Waals surface area contributed by atoms with Crippen LogP contribution < -0.4 is 5.32 Å². The van der Waals surface area contributed by atoms with Gasteiger partial charge in [-0.1, -0.05) is 17.7 Å². The Morgan fingerprint density at radius 3 is 2.52 bits per heavy atom. The third-order valence-electron chi connectivity index (χ3n) is 3.01. The molecule has 9 heteroatoms. The van der Waals surface area contributed by atoms with E-state index in [2.05, 4.69) is 5.32 Å². The van der Waals surface area contributed by atoms with Crippen molar-refractivity contribution in [2.24, 2.45) is 0 Å². The van der Waals surface area contributed by atoms with E-state index in [9.17, 15) is 23.1 Å². The summed E-state index contributed by atoms with van der Waals surface area (Å²) in [5, 5.41) is 11.4. The maximum Gasteiger partial charge on any atom is 0.313 e. The molecule has 1 unspecified atom stereocenters. The summed E-state index contributed by atoms with van der Waals surface area (Å²) in [7, 11) is -2.27. The minimum absolute atomic E-state index is 0.0415. The minimum Gasteiger partial charge on any atom is -0.393 e. The summed E-state index contributed by atoms with van der Waals surface area (Å²) in [4.78, 5) is 24.8. The molecule has 23 heavy (non-hydrogen) atoms. The SMILES string of the molecule is CC(O)CCN(C)C(=O)C(=O)Nc1cccc(Cl)c1S(C)(=O)=O. The number of benzene rings is 1. The predicted octanol–water partition coefficient (Wildman–Crippen LogP) is 0.911. The van der Waals surface area contributed by atoms with Crippen LogP contribution in [0.5, 0.6) is 0 Å². The molecule has 2 N–H and O–H groups in total. The number of nitrogens with one attached hydrogen (secondary N) is 1. The van der Waals surface area contributed by atoms with Gasteiger partial charge in [-0.15, -0.1) is 0 Å². The van der Waals surface area contributed by atoms with Crippen molar-refractivity contribution >= 4 is 38.9 Å². The lowest BCUT2D eigenvalue weighted by atomic mass is 10.2. The number of nitrogens with zero attached hydrogens (tertiary/aromatic N) is 1. The van der Waals surface area contributed by atoms with Crippen LogP contribution in [0.15, 0.2) is 23.1 Å². The third-order valence-corrected chi connectivity index (χ3v) is 4.62. The van der Waals surface area contributed by atoms with E-state index in [0.29, 0.717) is 6.42 Å². The van der Waals surface area contributed by atoms with Crippen LogP contribution in [0, 0.1) is 0 Å². The average molecular weight is 363 g/mol. The number of aliphatic hydroxyl groups is 1. The molecular weight excluding hydrogens is 344 g/mol. The van der Waals surface area contributed by atoms with Crippen LogP contribution in [0.2, 0.25) is 5.02 Å². The van der Waals surface area contributed by atoms with E-state index >= 15 is 0 Å². The first-order valence-electron chi connectivity index (χ1n) is 6.77. The van der Waals surface area contributed by atoms with Gasteiger partial charge in [0.2, 0.25) is 0 Å². The number of aliphatic hydroxyl groups excluding tert-OH is 1. The van der Waals surface area contributed by atoms with E-state index in [1.165, 1.54) is 25.2 Å². The van der Waals surface area contributed by atoms with E-state index in [-0.39, 0.29) is 22.2 Å². The summed E-state index contributed by atoms with van der Waals surface area (Å²) in [6.45, 7) is 1.77. The van der Waals surface area contributed by atoms with E-state index in [1.807, 2.05) is 0 Å². The first-order chi connectivity index (χ1) is 10.5. The number of carbonyl (C=O) groups is 2. The highest BCUT2D eigenvalue weighted by molar-refractivity contribution is 7.91. The second-order valence-corrected chi connectivity index (χ2v) is 7.57. The van der Waals surface area contributed by atoms with E-state index in [4.69, 9.17) is 11.6 Å². The Kier molecular flexibility index (Phi) is 6.55. The second-order valence-electron chi connectivity index (χ2n) is 5.21.